The van der Waals surface area contributed by atoms with Crippen molar-refractivity contribution < 1.29 is 9.21 Å². The molecule has 1 amide bonds. The molecule has 0 aromatic carbocycles. The number of hydrogen-bond donors (Lipinski definition) is 1. The zero-order valence-electron chi connectivity index (χ0n) is 9.57. The van der Waals surface area contributed by atoms with Gasteiger partial charge in [0.2, 0.25) is 0 Å². The number of carbonyl (C=O) groups excluding carboxylic acids is 1. The molecule has 1 aliphatic heterocycles. The Balaban J connectivity index is 1.72. The van der Waals surface area contributed by atoms with Gasteiger partial charge in [0.1, 0.15) is 12.0 Å². The molecule has 3 rings (SSSR count). The molecule has 18 heavy (non-hydrogen) atoms. The van der Waals surface area contributed by atoms with Gasteiger partial charge in [0.05, 0.1) is 6.04 Å². The zero-order chi connectivity index (χ0) is 12.5. The molecule has 7 nitrogen and oxygen atoms in total. The number of likely N-dealkylation sites (tertiary alicyclic amines) is 1. The minimum absolute atomic E-state index is 0.195. The number of nitrogens with zero attached hydrogens (tertiary/aromatic N) is 3. The van der Waals surface area contributed by atoms with Crippen molar-refractivity contribution in [2.24, 2.45) is 0 Å². The molecule has 1 fully saturated rings. The van der Waals surface area contributed by atoms with Crippen LogP contribution in [0.1, 0.15) is 23.0 Å². The predicted molar refractivity (Wildman–Crippen MR) is 61.1 cm³/mol. The van der Waals surface area contributed by atoms with Crippen molar-refractivity contribution in [1.29, 1.82) is 0 Å². The van der Waals surface area contributed by atoms with Gasteiger partial charge in [-0.15, -0.1) is 0 Å². The SMILES string of the molecule is O=C(c1coc(=O)[nH]1)N1CCC(n2cccn2)C1. The molecule has 2 aromatic rings. The molecule has 1 unspecified atom stereocenters. The first-order chi connectivity index (χ1) is 8.74. The monoisotopic (exact) mass is 248 g/mol. The number of oxazole rings is 1. The van der Waals surface area contributed by atoms with Crippen molar-refractivity contribution in [2.45, 2.75) is 12.5 Å². The van der Waals surface area contributed by atoms with E-state index in [4.69, 9.17) is 0 Å². The Labute approximate surface area is 102 Å². The Bertz CT molecular complexity index is 598. The third-order valence-electron chi connectivity index (χ3n) is 3.10. The third kappa shape index (κ3) is 1.83. The lowest BCUT2D eigenvalue weighted by Crippen LogP contribution is -2.29. The molecule has 0 bridgehead atoms. The van der Waals surface area contributed by atoms with Crippen molar-refractivity contribution in [3.8, 4) is 0 Å². The number of rotatable bonds is 2. The average Bonchev–Trinajstić information content (AvgIpc) is 3.09. The summed E-state index contributed by atoms with van der Waals surface area (Å²) in [5.74, 6) is -0.823. The second-order valence-electron chi connectivity index (χ2n) is 4.24. The molecule has 1 atom stereocenters. The highest BCUT2D eigenvalue weighted by Gasteiger charge is 2.29. The van der Waals surface area contributed by atoms with Gasteiger partial charge in [-0.2, -0.15) is 5.10 Å². The Morgan fingerprint density at radius 2 is 2.44 bits per heavy atom. The van der Waals surface area contributed by atoms with Crippen molar-refractivity contribution in [1.82, 2.24) is 19.7 Å². The maximum atomic E-state index is 12.0. The van der Waals surface area contributed by atoms with Gasteiger partial charge in [0.15, 0.2) is 0 Å². The standard InChI is InChI=1S/C11H12N4O3/c16-10(9-7-18-11(17)13-9)14-5-2-8(6-14)15-4-1-3-12-15/h1,3-4,7-8H,2,5-6H2,(H,13,17). The smallest absolute Gasteiger partial charge is 0.416 e. The number of aromatic amines is 1. The molecule has 2 aromatic heterocycles. The number of aromatic nitrogens is 3. The van der Waals surface area contributed by atoms with Crippen LogP contribution in [-0.4, -0.2) is 38.7 Å². The van der Waals surface area contributed by atoms with E-state index in [1.54, 1.807) is 11.1 Å². The van der Waals surface area contributed by atoms with Gasteiger partial charge in [0, 0.05) is 25.5 Å². The Kier molecular flexibility index (Phi) is 2.51. The van der Waals surface area contributed by atoms with E-state index in [9.17, 15) is 9.59 Å². The summed E-state index contributed by atoms with van der Waals surface area (Å²) in [4.78, 5) is 26.9. The van der Waals surface area contributed by atoms with Crippen molar-refractivity contribution in [3.05, 3.63) is 41.0 Å². The van der Waals surface area contributed by atoms with E-state index >= 15 is 0 Å². The fraction of sp³-hybridized carbons (Fsp3) is 0.364. The highest BCUT2D eigenvalue weighted by molar-refractivity contribution is 5.92. The predicted octanol–water partition coefficient (Wildman–Crippen LogP) is 0.252. The lowest BCUT2D eigenvalue weighted by molar-refractivity contribution is 0.0781. The summed E-state index contributed by atoms with van der Waals surface area (Å²) in [6.07, 6.45) is 5.62. The quantitative estimate of drug-likeness (QED) is 0.825. The maximum Gasteiger partial charge on any atom is 0.416 e. The van der Waals surface area contributed by atoms with E-state index < -0.39 is 5.76 Å². The molecule has 3 heterocycles. The number of carbonyl (C=O) groups is 1. The van der Waals surface area contributed by atoms with Crippen LogP contribution in [0.25, 0.3) is 0 Å². The molecular formula is C11H12N4O3. The Morgan fingerprint density at radius 3 is 3.11 bits per heavy atom. The molecule has 7 heteroatoms. The van der Waals surface area contributed by atoms with Crippen molar-refractivity contribution in [2.75, 3.05) is 13.1 Å². The van der Waals surface area contributed by atoms with E-state index in [-0.39, 0.29) is 17.6 Å². The van der Waals surface area contributed by atoms with Crippen LogP contribution in [0.4, 0.5) is 0 Å². The van der Waals surface area contributed by atoms with E-state index in [2.05, 4.69) is 14.5 Å². The molecular weight excluding hydrogens is 236 g/mol. The maximum absolute atomic E-state index is 12.0. The van der Waals surface area contributed by atoms with Crippen LogP contribution in [0.15, 0.2) is 33.9 Å². The lowest BCUT2D eigenvalue weighted by atomic mass is 10.3. The fourth-order valence-corrected chi connectivity index (χ4v) is 2.19. The van der Waals surface area contributed by atoms with Crippen molar-refractivity contribution in [3.63, 3.8) is 0 Å². The number of H-pyrrole nitrogens is 1. The van der Waals surface area contributed by atoms with Crippen molar-refractivity contribution >= 4 is 5.91 Å². The van der Waals surface area contributed by atoms with E-state index in [1.165, 1.54) is 0 Å². The summed E-state index contributed by atoms with van der Waals surface area (Å²) < 4.78 is 6.42. The van der Waals surface area contributed by atoms with E-state index in [0.29, 0.717) is 13.1 Å². The first kappa shape index (κ1) is 10.8. The molecule has 0 saturated carbocycles. The highest BCUT2D eigenvalue weighted by atomic mass is 16.4. The van der Waals surface area contributed by atoms with Gasteiger partial charge in [-0.25, -0.2) is 4.79 Å². The Hall–Kier alpha value is -2.31. The molecule has 0 spiro atoms. The number of amides is 1. The summed E-state index contributed by atoms with van der Waals surface area (Å²) in [7, 11) is 0. The van der Waals surface area contributed by atoms with E-state index in [1.807, 2.05) is 16.9 Å². The van der Waals surface area contributed by atoms with Gasteiger partial charge in [-0.1, -0.05) is 0 Å². The second kappa shape index (κ2) is 4.17. The molecule has 0 aliphatic carbocycles. The summed E-state index contributed by atoms with van der Waals surface area (Å²) >= 11 is 0. The van der Waals surface area contributed by atoms with Crippen LogP contribution < -0.4 is 5.76 Å². The number of nitrogens with one attached hydrogen (secondary N) is 1. The van der Waals surface area contributed by atoms with Gasteiger partial charge in [0.25, 0.3) is 5.91 Å². The lowest BCUT2D eigenvalue weighted by Gasteiger charge is -2.15. The normalized spacial score (nSPS) is 19.3. The molecule has 1 N–H and O–H groups in total. The summed E-state index contributed by atoms with van der Waals surface area (Å²) in [6, 6.07) is 2.06. The second-order valence-corrected chi connectivity index (χ2v) is 4.24. The first-order valence-electron chi connectivity index (χ1n) is 5.70. The fourth-order valence-electron chi connectivity index (χ4n) is 2.19. The summed E-state index contributed by atoms with van der Waals surface area (Å²) in [5, 5.41) is 4.17. The largest absolute Gasteiger partial charge is 0.416 e. The summed E-state index contributed by atoms with van der Waals surface area (Å²) in [6.45, 7) is 1.24. The molecule has 0 radical (unpaired) electrons. The van der Waals surface area contributed by atoms with Crippen LogP contribution in [-0.2, 0) is 0 Å². The molecule has 1 aliphatic rings. The van der Waals surface area contributed by atoms with Crippen LogP contribution in [0, 0.1) is 0 Å². The molecule has 94 valence electrons. The van der Waals surface area contributed by atoms with Gasteiger partial charge in [-0.05, 0) is 12.5 Å². The third-order valence-corrected chi connectivity index (χ3v) is 3.10. The topological polar surface area (TPSA) is 84.1 Å². The Morgan fingerprint density at radius 1 is 1.56 bits per heavy atom. The van der Waals surface area contributed by atoms with Crippen LogP contribution in [0.5, 0.6) is 0 Å². The first-order valence-corrected chi connectivity index (χ1v) is 5.70. The van der Waals surface area contributed by atoms with E-state index in [0.717, 1.165) is 12.7 Å². The highest BCUT2D eigenvalue weighted by Crippen LogP contribution is 2.21. The van der Waals surface area contributed by atoms with Crippen LogP contribution in [0.3, 0.4) is 0 Å². The molecule has 1 saturated heterocycles. The van der Waals surface area contributed by atoms with Crippen LogP contribution in [0.2, 0.25) is 0 Å². The van der Waals surface area contributed by atoms with Crippen LogP contribution >= 0.6 is 0 Å². The average molecular weight is 248 g/mol. The minimum atomic E-state index is -0.610. The van der Waals surface area contributed by atoms with Gasteiger partial charge in [-0.3, -0.25) is 14.5 Å². The number of hydrogen-bond acceptors (Lipinski definition) is 4. The summed E-state index contributed by atoms with van der Waals surface area (Å²) in [5.41, 5.74) is 0.195. The zero-order valence-corrected chi connectivity index (χ0v) is 9.57. The van der Waals surface area contributed by atoms with Gasteiger partial charge >= 0.3 is 5.76 Å². The minimum Gasteiger partial charge on any atom is -0.416 e. The van der Waals surface area contributed by atoms with Gasteiger partial charge < -0.3 is 9.32 Å².